The summed E-state index contributed by atoms with van der Waals surface area (Å²) < 4.78 is 10.3. The number of carbonyl (C=O) groups is 2. The van der Waals surface area contributed by atoms with E-state index < -0.39 is 5.92 Å². The predicted molar refractivity (Wildman–Crippen MR) is 137 cm³/mol. The maximum absolute atomic E-state index is 13.4. The summed E-state index contributed by atoms with van der Waals surface area (Å²) in [6, 6.07) is 10.9. The van der Waals surface area contributed by atoms with E-state index in [0.29, 0.717) is 34.7 Å². The number of aromatic nitrogens is 2. The summed E-state index contributed by atoms with van der Waals surface area (Å²) in [6.07, 6.45) is 1.15. The maximum atomic E-state index is 13.4. The summed E-state index contributed by atoms with van der Waals surface area (Å²) in [5.41, 5.74) is 3.15. The lowest BCUT2D eigenvalue weighted by Crippen LogP contribution is -2.34. The zero-order valence-electron chi connectivity index (χ0n) is 22.1. The second kappa shape index (κ2) is 11.4. The van der Waals surface area contributed by atoms with Crippen LogP contribution >= 0.6 is 0 Å². The van der Waals surface area contributed by atoms with Gasteiger partial charge in [0.1, 0.15) is 6.61 Å². The molecule has 0 bridgehead atoms. The van der Waals surface area contributed by atoms with Gasteiger partial charge in [-0.3, -0.25) is 9.59 Å². The molecule has 4 rings (SSSR count). The number of likely N-dealkylation sites (tertiary alicyclic amines) is 2. The van der Waals surface area contributed by atoms with Crippen LogP contribution in [0.3, 0.4) is 0 Å². The Morgan fingerprint density at radius 2 is 1.61 bits per heavy atom. The topological polar surface area (TPSA) is 84.9 Å². The van der Waals surface area contributed by atoms with Gasteiger partial charge in [0, 0.05) is 26.2 Å². The molecule has 2 saturated heterocycles. The number of carbonyl (C=O) groups excluding carboxylic acids is 2. The number of ether oxygens (including phenoxy) is 2. The third-order valence-corrected chi connectivity index (χ3v) is 7.63. The molecule has 2 aliphatic heterocycles. The average Bonchev–Trinajstić information content (AvgIpc) is 3.44. The van der Waals surface area contributed by atoms with Gasteiger partial charge in [-0.1, -0.05) is 37.3 Å². The van der Waals surface area contributed by atoms with E-state index in [-0.39, 0.29) is 24.5 Å². The summed E-state index contributed by atoms with van der Waals surface area (Å²) in [5.74, 6) is 0.809. The number of nitrogens with zero attached hydrogens (tertiary/aromatic N) is 4. The highest BCUT2D eigenvalue weighted by Crippen LogP contribution is 2.33. The van der Waals surface area contributed by atoms with Crippen LogP contribution in [-0.2, 0) is 9.53 Å². The summed E-state index contributed by atoms with van der Waals surface area (Å²) >= 11 is 0. The minimum Gasteiger partial charge on any atom is -0.469 e. The second-order valence-electron chi connectivity index (χ2n) is 10.4. The Kier molecular flexibility index (Phi) is 8.24. The Morgan fingerprint density at radius 3 is 2.19 bits per heavy atom. The number of hydrogen-bond acceptors (Lipinski definition) is 7. The molecule has 1 aromatic heterocycles. The largest absolute Gasteiger partial charge is 0.469 e. The minimum atomic E-state index is -0.425. The molecule has 8 heteroatoms. The average molecular weight is 495 g/mol. The van der Waals surface area contributed by atoms with Gasteiger partial charge in [0.2, 0.25) is 0 Å². The van der Waals surface area contributed by atoms with Gasteiger partial charge in [-0.15, -0.1) is 0 Å². The number of amides is 1. The first-order valence-corrected chi connectivity index (χ1v) is 12.9. The molecule has 1 aromatic carbocycles. The van der Waals surface area contributed by atoms with Gasteiger partial charge in [-0.05, 0) is 57.1 Å². The first-order chi connectivity index (χ1) is 17.3. The molecule has 2 aliphatic rings. The number of methoxy groups -OCH3 is 1. The molecular weight excluding hydrogens is 456 g/mol. The molecule has 1 amide bonds. The van der Waals surface area contributed by atoms with Crippen molar-refractivity contribution in [3.63, 3.8) is 0 Å². The van der Waals surface area contributed by atoms with Gasteiger partial charge in [0.25, 0.3) is 5.91 Å². The molecule has 8 nitrogen and oxygen atoms in total. The summed E-state index contributed by atoms with van der Waals surface area (Å²) in [6.45, 7) is 12.5. The second-order valence-corrected chi connectivity index (χ2v) is 10.4. The Balaban J connectivity index is 1.30. The smallest absolute Gasteiger partial charge is 0.316 e. The van der Waals surface area contributed by atoms with Crippen LogP contribution in [-0.4, -0.2) is 78.1 Å². The van der Waals surface area contributed by atoms with Gasteiger partial charge in [0.05, 0.1) is 30.0 Å². The number of fused-ring (bicyclic) bond motifs is 1. The third-order valence-electron chi connectivity index (χ3n) is 7.63. The van der Waals surface area contributed by atoms with Crippen molar-refractivity contribution in [1.29, 1.82) is 0 Å². The Bertz CT molecular complexity index is 1040. The van der Waals surface area contributed by atoms with Crippen LogP contribution in [0.1, 0.15) is 53.5 Å². The summed E-state index contributed by atoms with van der Waals surface area (Å²) in [4.78, 5) is 38.3. The molecule has 3 heterocycles. The van der Waals surface area contributed by atoms with Crippen molar-refractivity contribution in [1.82, 2.24) is 19.8 Å². The molecule has 2 aromatic rings. The van der Waals surface area contributed by atoms with Crippen LogP contribution in [0.5, 0.6) is 6.01 Å². The van der Waals surface area contributed by atoms with Crippen LogP contribution in [0.25, 0.3) is 0 Å². The fourth-order valence-corrected chi connectivity index (χ4v) is 5.45. The number of hydrogen-bond donors (Lipinski definition) is 0. The Hall–Kier alpha value is -3.00. The van der Waals surface area contributed by atoms with E-state index in [1.54, 1.807) is 6.92 Å². The molecule has 0 saturated carbocycles. The van der Waals surface area contributed by atoms with Crippen molar-refractivity contribution in [3.8, 4) is 6.01 Å². The lowest BCUT2D eigenvalue weighted by Gasteiger charge is -2.23. The van der Waals surface area contributed by atoms with E-state index in [2.05, 4.69) is 52.1 Å². The highest BCUT2D eigenvalue weighted by atomic mass is 16.5. The van der Waals surface area contributed by atoms with Crippen LogP contribution < -0.4 is 4.74 Å². The quantitative estimate of drug-likeness (QED) is 0.494. The number of rotatable bonds is 9. The van der Waals surface area contributed by atoms with E-state index in [4.69, 9.17) is 9.47 Å². The minimum absolute atomic E-state index is 0.00173. The SMILES string of the molecule is COC(=O)[C@H](C)COc1nc(C)c(C(=O)N2CC3CN(CC[C@H](C)c4ccccc4)CC3C2)c(C)n1. The number of esters is 1. The lowest BCUT2D eigenvalue weighted by molar-refractivity contribution is -0.145. The molecule has 0 N–H and O–H groups in total. The van der Waals surface area contributed by atoms with Crippen LogP contribution in [0.2, 0.25) is 0 Å². The fraction of sp³-hybridized carbons (Fsp3) is 0.571. The molecule has 36 heavy (non-hydrogen) atoms. The molecule has 2 unspecified atom stereocenters. The van der Waals surface area contributed by atoms with Crippen molar-refractivity contribution < 1.29 is 19.1 Å². The fourth-order valence-electron chi connectivity index (χ4n) is 5.45. The van der Waals surface area contributed by atoms with Gasteiger partial charge < -0.3 is 19.3 Å². The van der Waals surface area contributed by atoms with Crippen molar-refractivity contribution in [3.05, 3.63) is 52.8 Å². The van der Waals surface area contributed by atoms with E-state index in [1.807, 2.05) is 18.7 Å². The first kappa shape index (κ1) is 26.1. The maximum Gasteiger partial charge on any atom is 0.316 e. The van der Waals surface area contributed by atoms with Gasteiger partial charge in [-0.2, -0.15) is 9.97 Å². The normalized spacial score (nSPS) is 21.2. The third kappa shape index (κ3) is 5.86. The lowest BCUT2D eigenvalue weighted by atomic mass is 9.98. The molecule has 0 aliphatic carbocycles. The monoisotopic (exact) mass is 494 g/mol. The van der Waals surface area contributed by atoms with Crippen molar-refractivity contribution in [2.75, 3.05) is 46.4 Å². The van der Waals surface area contributed by atoms with Crippen molar-refractivity contribution in [2.45, 2.75) is 40.0 Å². The number of benzene rings is 1. The van der Waals surface area contributed by atoms with Gasteiger partial charge >= 0.3 is 12.0 Å². The standard InChI is InChI=1S/C28H38N4O4/c1-18(22-9-7-6-8-10-22)11-12-31-13-23-15-32(16-24(23)14-31)26(33)25-20(3)29-28(30-21(25)4)36-17-19(2)27(34)35-5/h6-10,18-19,23-24H,11-17H2,1-5H3/t18-,19+,23?,24?/m0/s1. The highest BCUT2D eigenvalue weighted by molar-refractivity contribution is 5.96. The highest BCUT2D eigenvalue weighted by Gasteiger charge is 2.42. The van der Waals surface area contributed by atoms with E-state index >= 15 is 0 Å². The summed E-state index contributed by atoms with van der Waals surface area (Å²) in [7, 11) is 1.35. The Labute approximate surface area is 214 Å². The van der Waals surface area contributed by atoms with Gasteiger partial charge in [0.15, 0.2) is 0 Å². The van der Waals surface area contributed by atoms with Crippen LogP contribution in [0.15, 0.2) is 30.3 Å². The predicted octanol–water partition coefficient (Wildman–Crippen LogP) is 3.48. The van der Waals surface area contributed by atoms with Crippen LogP contribution in [0.4, 0.5) is 0 Å². The van der Waals surface area contributed by atoms with Crippen LogP contribution in [0, 0.1) is 31.6 Å². The molecule has 2 fully saturated rings. The summed E-state index contributed by atoms with van der Waals surface area (Å²) in [5, 5.41) is 0. The molecule has 0 spiro atoms. The molecule has 0 radical (unpaired) electrons. The molecule has 194 valence electrons. The van der Waals surface area contributed by atoms with Crippen molar-refractivity contribution >= 4 is 11.9 Å². The number of aryl methyl sites for hydroxylation is 2. The first-order valence-electron chi connectivity index (χ1n) is 12.9. The van der Waals surface area contributed by atoms with E-state index in [9.17, 15) is 9.59 Å². The zero-order chi connectivity index (χ0) is 25.8. The molecule has 4 atom stereocenters. The molecular formula is C28H38N4O4. The van der Waals surface area contributed by atoms with Gasteiger partial charge in [-0.25, -0.2) is 0 Å². The van der Waals surface area contributed by atoms with E-state index in [0.717, 1.165) is 39.1 Å². The Morgan fingerprint density at radius 1 is 1.00 bits per heavy atom. The van der Waals surface area contributed by atoms with E-state index in [1.165, 1.54) is 12.7 Å². The zero-order valence-corrected chi connectivity index (χ0v) is 22.1. The van der Waals surface area contributed by atoms with Crippen molar-refractivity contribution in [2.24, 2.45) is 17.8 Å².